The Bertz CT molecular complexity index is 300. The minimum Gasteiger partial charge on any atom is -0.313 e. The van der Waals surface area contributed by atoms with Gasteiger partial charge in [0.2, 0.25) is 0 Å². The van der Waals surface area contributed by atoms with Crippen LogP contribution in [-0.2, 0) is 0 Å². The van der Waals surface area contributed by atoms with Crippen molar-refractivity contribution in [1.82, 2.24) is 10.3 Å². The van der Waals surface area contributed by atoms with E-state index in [0.717, 1.165) is 10.8 Å². The molecule has 1 aliphatic heterocycles. The number of halogens is 1. The maximum absolute atomic E-state index is 4.34. The molecule has 0 aliphatic carbocycles. The number of hydrogen-bond donors (Lipinski definition) is 1. The predicted molar refractivity (Wildman–Crippen MR) is 68.0 cm³/mol. The monoisotopic (exact) mass is 244 g/mol. The van der Waals surface area contributed by atoms with Gasteiger partial charge in [0.05, 0.1) is 5.03 Å². The lowest BCUT2D eigenvalue weighted by Crippen LogP contribution is -2.23. The molecular formula is C11H17ClN2S. The second kappa shape index (κ2) is 6.36. The molecule has 1 N–H and O–H groups in total. The zero-order chi connectivity index (χ0) is 9.80. The van der Waals surface area contributed by atoms with Gasteiger partial charge in [0.15, 0.2) is 0 Å². The molecular weight excluding hydrogens is 228 g/mol. The molecule has 0 saturated carbocycles. The summed E-state index contributed by atoms with van der Waals surface area (Å²) in [5.41, 5.74) is 1.29. The number of hydrogen-bond acceptors (Lipinski definition) is 3. The summed E-state index contributed by atoms with van der Waals surface area (Å²) < 4.78 is 0. The minimum absolute atomic E-state index is 0. The summed E-state index contributed by atoms with van der Waals surface area (Å²) in [7, 11) is 0. The molecule has 2 heterocycles. The number of aryl methyl sites for hydroxylation is 1. The fourth-order valence-electron chi connectivity index (χ4n) is 1.67. The number of pyridine rings is 1. The number of nitrogens with zero attached hydrogens (tertiary/aromatic N) is 1. The summed E-state index contributed by atoms with van der Waals surface area (Å²) in [6, 6.07) is 4.89. The van der Waals surface area contributed by atoms with Crippen molar-refractivity contribution in [3.63, 3.8) is 0 Å². The summed E-state index contributed by atoms with van der Waals surface area (Å²) in [6.45, 7) is 3.30. The van der Waals surface area contributed by atoms with Gasteiger partial charge in [0.25, 0.3) is 0 Å². The van der Waals surface area contributed by atoms with E-state index in [1.54, 1.807) is 0 Å². The van der Waals surface area contributed by atoms with E-state index in [0.29, 0.717) is 6.04 Å². The summed E-state index contributed by atoms with van der Waals surface area (Å²) in [5, 5.41) is 4.64. The van der Waals surface area contributed by atoms with Gasteiger partial charge < -0.3 is 5.32 Å². The Balaban J connectivity index is 0.00000112. The number of thioether (sulfide) groups is 1. The summed E-state index contributed by atoms with van der Waals surface area (Å²) in [4.78, 5) is 4.34. The number of aromatic nitrogens is 1. The van der Waals surface area contributed by atoms with Crippen LogP contribution in [0.15, 0.2) is 23.4 Å². The third-order valence-electron chi connectivity index (χ3n) is 2.49. The first-order chi connectivity index (χ1) is 6.84. The number of nitrogens with one attached hydrogen (secondary N) is 1. The van der Waals surface area contributed by atoms with Gasteiger partial charge in [0.1, 0.15) is 0 Å². The molecule has 1 atom stereocenters. The molecule has 0 amide bonds. The standard InChI is InChI=1S/C11H16N2S.ClH/c1-9-4-6-13-11(7-9)14-8-10-3-2-5-12-10;/h4,6-7,10,12H,2-3,5,8H2,1H3;1H. The smallest absolute Gasteiger partial charge is 0.0962 e. The lowest BCUT2D eigenvalue weighted by atomic mass is 10.3. The zero-order valence-electron chi connectivity index (χ0n) is 8.90. The first-order valence-electron chi connectivity index (χ1n) is 5.13. The van der Waals surface area contributed by atoms with E-state index >= 15 is 0 Å². The van der Waals surface area contributed by atoms with Crippen molar-refractivity contribution >= 4 is 24.2 Å². The third-order valence-corrected chi connectivity index (χ3v) is 3.57. The Kier molecular flexibility index (Phi) is 5.43. The lowest BCUT2D eigenvalue weighted by Gasteiger charge is -2.08. The molecule has 1 fully saturated rings. The molecule has 1 aromatic rings. The molecule has 0 bridgehead atoms. The van der Waals surface area contributed by atoms with E-state index in [-0.39, 0.29) is 12.4 Å². The molecule has 1 saturated heterocycles. The maximum Gasteiger partial charge on any atom is 0.0962 e. The molecule has 0 aromatic carbocycles. The Morgan fingerprint density at radius 3 is 3.13 bits per heavy atom. The van der Waals surface area contributed by atoms with Crippen LogP contribution in [0, 0.1) is 6.92 Å². The Morgan fingerprint density at radius 1 is 1.60 bits per heavy atom. The van der Waals surface area contributed by atoms with E-state index in [4.69, 9.17) is 0 Å². The Morgan fingerprint density at radius 2 is 2.47 bits per heavy atom. The first kappa shape index (κ1) is 12.8. The fourth-order valence-corrected chi connectivity index (χ4v) is 2.73. The van der Waals surface area contributed by atoms with Gasteiger partial charge >= 0.3 is 0 Å². The summed E-state index contributed by atoms with van der Waals surface area (Å²) in [6.07, 6.45) is 4.53. The van der Waals surface area contributed by atoms with Crippen molar-refractivity contribution in [3.05, 3.63) is 23.9 Å². The van der Waals surface area contributed by atoms with E-state index in [9.17, 15) is 0 Å². The summed E-state index contributed by atoms with van der Waals surface area (Å²) in [5.74, 6) is 1.15. The van der Waals surface area contributed by atoms with Crippen LogP contribution >= 0.6 is 24.2 Å². The van der Waals surface area contributed by atoms with Crippen molar-refractivity contribution in [2.24, 2.45) is 0 Å². The molecule has 0 spiro atoms. The highest BCUT2D eigenvalue weighted by atomic mass is 35.5. The summed E-state index contributed by atoms with van der Waals surface area (Å²) >= 11 is 1.86. The van der Waals surface area contributed by atoms with Gasteiger partial charge in [-0.25, -0.2) is 4.98 Å². The normalized spacial score (nSPS) is 19.9. The van der Waals surface area contributed by atoms with Crippen LogP contribution in [0.2, 0.25) is 0 Å². The van der Waals surface area contributed by atoms with Gasteiger partial charge in [-0.3, -0.25) is 0 Å². The topological polar surface area (TPSA) is 24.9 Å². The fraction of sp³-hybridized carbons (Fsp3) is 0.545. The molecule has 84 valence electrons. The zero-order valence-corrected chi connectivity index (χ0v) is 10.5. The first-order valence-corrected chi connectivity index (χ1v) is 6.12. The quantitative estimate of drug-likeness (QED) is 0.828. The van der Waals surface area contributed by atoms with E-state index in [2.05, 4.69) is 23.3 Å². The number of rotatable bonds is 3. The van der Waals surface area contributed by atoms with Crippen LogP contribution in [0.3, 0.4) is 0 Å². The van der Waals surface area contributed by atoms with E-state index in [1.807, 2.05) is 24.0 Å². The molecule has 4 heteroatoms. The molecule has 1 aromatic heterocycles. The average Bonchev–Trinajstić information content (AvgIpc) is 2.67. The minimum atomic E-state index is 0. The molecule has 1 unspecified atom stereocenters. The lowest BCUT2D eigenvalue weighted by molar-refractivity contribution is 0.673. The molecule has 2 rings (SSSR count). The Labute approximate surface area is 102 Å². The average molecular weight is 245 g/mol. The van der Waals surface area contributed by atoms with E-state index < -0.39 is 0 Å². The molecule has 2 nitrogen and oxygen atoms in total. The highest BCUT2D eigenvalue weighted by Gasteiger charge is 2.13. The van der Waals surface area contributed by atoms with Gasteiger partial charge in [0, 0.05) is 18.0 Å². The third kappa shape index (κ3) is 4.01. The van der Waals surface area contributed by atoms with Crippen molar-refractivity contribution in [1.29, 1.82) is 0 Å². The van der Waals surface area contributed by atoms with Gasteiger partial charge in [-0.05, 0) is 44.0 Å². The Hall–Kier alpha value is -0.250. The maximum atomic E-state index is 4.34. The van der Waals surface area contributed by atoms with Gasteiger partial charge in [-0.1, -0.05) is 0 Å². The van der Waals surface area contributed by atoms with Crippen LogP contribution in [0.4, 0.5) is 0 Å². The van der Waals surface area contributed by atoms with Crippen LogP contribution in [0.25, 0.3) is 0 Å². The molecule has 0 radical (unpaired) electrons. The second-order valence-electron chi connectivity index (χ2n) is 3.78. The molecule has 15 heavy (non-hydrogen) atoms. The van der Waals surface area contributed by atoms with Crippen molar-refractivity contribution < 1.29 is 0 Å². The molecule has 1 aliphatic rings. The van der Waals surface area contributed by atoms with Crippen molar-refractivity contribution in [3.8, 4) is 0 Å². The van der Waals surface area contributed by atoms with Crippen LogP contribution in [0.1, 0.15) is 18.4 Å². The van der Waals surface area contributed by atoms with Crippen LogP contribution in [0.5, 0.6) is 0 Å². The van der Waals surface area contributed by atoms with Crippen LogP contribution < -0.4 is 5.32 Å². The SMILES string of the molecule is Cc1ccnc(SCC2CCCN2)c1.Cl. The highest BCUT2D eigenvalue weighted by Crippen LogP contribution is 2.19. The predicted octanol–water partition coefficient (Wildman–Crippen LogP) is 2.66. The second-order valence-corrected chi connectivity index (χ2v) is 4.82. The van der Waals surface area contributed by atoms with Gasteiger partial charge in [-0.15, -0.1) is 24.2 Å². The highest BCUT2D eigenvalue weighted by molar-refractivity contribution is 7.99. The van der Waals surface area contributed by atoms with Crippen LogP contribution in [-0.4, -0.2) is 23.3 Å². The van der Waals surface area contributed by atoms with Crippen molar-refractivity contribution in [2.75, 3.05) is 12.3 Å². The largest absolute Gasteiger partial charge is 0.313 e. The van der Waals surface area contributed by atoms with Crippen molar-refractivity contribution in [2.45, 2.75) is 30.8 Å². The van der Waals surface area contributed by atoms with E-state index in [1.165, 1.54) is 24.9 Å². The van der Waals surface area contributed by atoms with Gasteiger partial charge in [-0.2, -0.15) is 0 Å².